The van der Waals surface area contributed by atoms with Crippen LogP contribution in [0.2, 0.25) is 0 Å². The number of aldehydes is 1. The van der Waals surface area contributed by atoms with Gasteiger partial charge < -0.3 is 10.4 Å². The van der Waals surface area contributed by atoms with E-state index >= 15 is 0 Å². The van der Waals surface area contributed by atoms with Crippen LogP contribution in [0, 0.1) is 5.82 Å². The smallest absolute Gasteiger partial charge is 0.329 e. The van der Waals surface area contributed by atoms with Gasteiger partial charge in [-0.25, -0.2) is 9.18 Å². The van der Waals surface area contributed by atoms with Crippen molar-refractivity contribution in [1.29, 1.82) is 0 Å². The van der Waals surface area contributed by atoms with Crippen LogP contribution >= 0.6 is 0 Å². The van der Waals surface area contributed by atoms with Crippen molar-refractivity contribution in [2.45, 2.75) is 24.8 Å². The fourth-order valence-electron chi connectivity index (χ4n) is 1.90. The molecule has 17 heavy (non-hydrogen) atoms. The highest BCUT2D eigenvalue weighted by molar-refractivity contribution is 5.84. The predicted octanol–water partition coefficient (Wildman–Crippen LogP) is 2.06. The van der Waals surface area contributed by atoms with Crippen LogP contribution in [0.1, 0.15) is 29.6 Å². The number of benzene rings is 1. The van der Waals surface area contributed by atoms with Crippen LogP contribution in [0.5, 0.6) is 0 Å². The molecular weight excluding hydrogens is 225 g/mol. The summed E-state index contributed by atoms with van der Waals surface area (Å²) in [5, 5.41) is 11.9. The van der Waals surface area contributed by atoms with Crippen LogP contribution in [0.15, 0.2) is 18.2 Å². The first-order chi connectivity index (χ1) is 8.07. The maximum absolute atomic E-state index is 13.3. The number of halogens is 1. The molecule has 1 aromatic rings. The third-order valence-electron chi connectivity index (χ3n) is 3.13. The van der Waals surface area contributed by atoms with Gasteiger partial charge >= 0.3 is 5.97 Å². The maximum Gasteiger partial charge on any atom is 0.329 e. The molecular formula is C12H12FNO3. The Morgan fingerprint density at radius 3 is 2.59 bits per heavy atom. The monoisotopic (exact) mass is 237 g/mol. The Morgan fingerprint density at radius 1 is 1.47 bits per heavy atom. The molecule has 2 N–H and O–H groups in total. The van der Waals surface area contributed by atoms with Crippen LogP contribution in [-0.2, 0) is 4.79 Å². The van der Waals surface area contributed by atoms with E-state index < -0.39 is 17.3 Å². The molecule has 1 fully saturated rings. The molecule has 0 amide bonds. The van der Waals surface area contributed by atoms with E-state index in [0.29, 0.717) is 24.8 Å². The summed E-state index contributed by atoms with van der Waals surface area (Å²) in [5.74, 6) is -1.58. The van der Waals surface area contributed by atoms with Gasteiger partial charge in [0.05, 0.1) is 5.56 Å². The van der Waals surface area contributed by atoms with Gasteiger partial charge in [-0.1, -0.05) is 0 Å². The summed E-state index contributed by atoms with van der Waals surface area (Å²) < 4.78 is 13.3. The predicted molar refractivity (Wildman–Crippen MR) is 59.6 cm³/mol. The number of rotatable bonds is 4. The van der Waals surface area contributed by atoms with E-state index in [0.717, 1.165) is 12.5 Å². The first kappa shape index (κ1) is 11.6. The lowest BCUT2D eigenvalue weighted by Crippen LogP contribution is -2.52. The van der Waals surface area contributed by atoms with Gasteiger partial charge in [-0.05, 0) is 37.5 Å². The van der Waals surface area contributed by atoms with E-state index in [4.69, 9.17) is 5.11 Å². The van der Waals surface area contributed by atoms with E-state index in [2.05, 4.69) is 5.32 Å². The molecule has 0 unspecified atom stereocenters. The first-order valence-corrected chi connectivity index (χ1v) is 5.34. The lowest BCUT2D eigenvalue weighted by Gasteiger charge is -2.39. The summed E-state index contributed by atoms with van der Waals surface area (Å²) in [7, 11) is 0. The molecule has 0 aliphatic heterocycles. The summed E-state index contributed by atoms with van der Waals surface area (Å²) in [4.78, 5) is 21.5. The van der Waals surface area contributed by atoms with Gasteiger partial charge in [0.25, 0.3) is 0 Å². The average Bonchev–Trinajstić information content (AvgIpc) is 2.23. The number of hydrogen-bond acceptors (Lipinski definition) is 3. The van der Waals surface area contributed by atoms with Crippen molar-refractivity contribution in [3.63, 3.8) is 0 Å². The zero-order valence-electron chi connectivity index (χ0n) is 9.07. The summed E-state index contributed by atoms with van der Waals surface area (Å²) in [5.41, 5.74) is -0.626. The molecule has 0 radical (unpaired) electrons. The van der Waals surface area contributed by atoms with Gasteiger partial charge in [-0.2, -0.15) is 0 Å². The second-order valence-electron chi connectivity index (χ2n) is 4.22. The number of hydrogen-bond donors (Lipinski definition) is 2. The molecule has 90 valence electrons. The molecule has 2 rings (SSSR count). The highest BCUT2D eigenvalue weighted by Crippen LogP contribution is 2.35. The van der Waals surface area contributed by atoms with Gasteiger partial charge in [0.15, 0.2) is 6.29 Å². The van der Waals surface area contributed by atoms with Gasteiger partial charge in [0, 0.05) is 5.69 Å². The number of nitrogens with one attached hydrogen (secondary N) is 1. The molecule has 1 aromatic carbocycles. The van der Waals surface area contributed by atoms with E-state index in [1.165, 1.54) is 12.1 Å². The van der Waals surface area contributed by atoms with Gasteiger partial charge in [-0.3, -0.25) is 4.79 Å². The Kier molecular flexibility index (Phi) is 2.83. The normalized spacial score (nSPS) is 17.0. The van der Waals surface area contributed by atoms with Crippen LogP contribution in [0.3, 0.4) is 0 Å². The second kappa shape index (κ2) is 4.16. The molecule has 0 saturated heterocycles. The molecule has 1 aliphatic rings. The fraction of sp³-hybridized carbons (Fsp3) is 0.333. The Labute approximate surface area is 97.4 Å². The molecule has 0 spiro atoms. The molecule has 0 atom stereocenters. The molecule has 0 bridgehead atoms. The van der Waals surface area contributed by atoms with Crippen molar-refractivity contribution in [2.24, 2.45) is 0 Å². The van der Waals surface area contributed by atoms with Gasteiger partial charge in [0.2, 0.25) is 0 Å². The third kappa shape index (κ3) is 2.00. The van der Waals surface area contributed by atoms with Crippen molar-refractivity contribution in [1.82, 2.24) is 0 Å². The average molecular weight is 237 g/mol. The highest BCUT2D eigenvalue weighted by atomic mass is 19.1. The van der Waals surface area contributed by atoms with E-state index in [1.54, 1.807) is 0 Å². The minimum Gasteiger partial charge on any atom is -0.480 e. The zero-order chi connectivity index (χ0) is 12.5. The van der Waals surface area contributed by atoms with Crippen LogP contribution in [0.25, 0.3) is 0 Å². The molecule has 4 nitrogen and oxygen atoms in total. The van der Waals surface area contributed by atoms with Crippen molar-refractivity contribution >= 4 is 17.9 Å². The van der Waals surface area contributed by atoms with Crippen LogP contribution in [-0.4, -0.2) is 22.9 Å². The topological polar surface area (TPSA) is 66.4 Å². The number of carbonyl (C=O) groups is 2. The zero-order valence-corrected chi connectivity index (χ0v) is 9.07. The largest absolute Gasteiger partial charge is 0.480 e. The van der Waals surface area contributed by atoms with Crippen molar-refractivity contribution in [2.75, 3.05) is 5.32 Å². The van der Waals surface area contributed by atoms with Gasteiger partial charge in [-0.15, -0.1) is 0 Å². The summed E-state index contributed by atoms with van der Waals surface area (Å²) in [6, 6.07) is 3.99. The Bertz CT molecular complexity index is 469. The number of carboxylic acid groups (broad SMARTS) is 1. The lowest BCUT2D eigenvalue weighted by atomic mass is 9.76. The second-order valence-corrected chi connectivity index (χ2v) is 4.22. The summed E-state index contributed by atoms with van der Waals surface area (Å²) in [6.45, 7) is 0. The van der Waals surface area contributed by atoms with Gasteiger partial charge in [0.1, 0.15) is 11.4 Å². The lowest BCUT2D eigenvalue weighted by molar-refractivity contribution is -0.145. The Morgan fingerprint density at radius 2 is 2.18 bits per heavy atom. The van der Waals surface area contributed by atoms with Crippen molar-refractivity contribution in [3.8, 4) is 0 Å². The Balaban J connectivity index is 2.21. The van der Waals surface area contributed by atoms with Crippen molar-refractivity contribution in [3.05, 3.63) is 29.6 Å². The molecule has 0 heterocycles. The number of anilines is 1. The number of carboxylic acids is 1. The third-order valence-corrected chi connectivity index (χ3v) is 3.13. The first-order valence-electron chi connectivity index (χ1n) is 5.34. The minimum atomic E-state index is -0.977. The SMILES string of the molecule is O=Cc1ccc(NC2(C(=O)O)CCC2)cc1F. The maximum atomic E-state index is 13.3. The van der Waals surface area contributed by atoms with E-state index in [-0.39, 0.29) is 5.56 Å². The van der Waals surface area contributed by atoms with E-state index in [1.807, 2.05) is 0 Å². The van der Waals surface area contributed by atoms with Crippen LogP contribution in [0.4, 0.5) is 10.1 Å². The van der Waals surface area contributed by atoms with E-state index in [9.17, 15) is 14.0 Å². The van der Waals surface area contributed by atoms with Crippen molar-refractivity contribution < 1.29 is 19.1 Å². The number of carbonyl (C=O) groups excluding carboxylic acids is 1. The highest BCUT2D eigenvalue weighted by Gasteiger charge is 2.44. The summed E-state index contributed by atoms with van der Waals surface area (Å²) in [6.07, 6.45) is 2.32. The summed E-state index contributed by atoms with van der Waals surface area (Å²) >= 11 is 0. The standard InChI is InChI=1S/C12H12FNO3/c13-10-6-9(3-2-8(10)7-15)14-12(11(16)17)4-1-5-12/h2-3,6-7,14H,1,4-5H2,(H,16,17). The minimum absolute atomic E-state index is 0.0338. The molecule has 5 heteroatoms. The fourth-order valence-corrected chi connectivity index (χ4v) is 1.90. The molecule has 1 saturated carbocycles. The Hall–Kier alpha value is -1.91. The molecule has 0 aromatic heterocycles. The number of aliphatic carboxylic acids is 1. The molecule has 1 aliphatic carbocycles. The quantitative estimate of drug-likeness (QED) is 0.786. The van der Waals surface area contributed by atoms with Crippen LogP contribution < -0.4 is 5.32 Å².